The molecule has 0 bridgehead atoms. The molecule has 1 aliphatic carbocycles. The second-order valence-corrected chi connectivity index (χ2v) is 8.47. The number of ether oxygens (including phenoxy) is 1. The van der Waals surface area contributed by atoms with E-state index in [4.69, 9.17) is 16.3 Å². The molecule has 1 saturated heterocycles. The Morgan fingerprint density at radius 3 is 2.70 bits per heavy atom. The van der Waals surface area contributed by atoms with Gasteiger partial charge in [0.15, 0.2) is 0 Å². The number of nitrogens with zero attached hydrogens (tertiary/aromatic N) is 1. The summed E-state index contributed by atoms with van der Waals surface area (Å²) in [5, 5.41) is 4.27. The number of carbonyl (C=O) groups is 3. The Hall–Kier alpha value is -2.12. The maximum Gasteiger partial charge on any atom is 0.326 e. The van der Waals surface area contributed by atoms with Crippen molar-refractivity contribution in [3.8, 4) is 0 Å². The third-order valence-corrected chi connectivity index (χ3v) is 6.89. The summed E-state index contributed by atoms with van der Waals surface area (Å²) >= 11 is 7.80. The lowest BCUT2D eigenvalue weighted by molar-refractivity contribution is -0.149. The van der Waals surface area contributed by atoms with Gasteiger partial charge in [-0.3, -0.25) is 14.5 Å². The summed E-state index contributed by atoms with van der Waals surface area (Å²) in [6, 6.07) is 7.17. The Morgan fingerprint density at radius 1 is 1.22 bits per heavy atom. The molecule has 1 aliphatic heterocycles. The summed E-state index contributed by atoms with van der Waals surface area (Å²) in [6.07, 6.45) is 4.10. The molecule has 142 valence electrons. The van der Waals surface area contributed by atoms with E-state index in [1.807, 2.05) is 24.3 Å². The van der Waals surface area contributed by atoms with Gasteiger partial charge in [-0.2, -0.15) is 0 Å². The minimum Gasteiger partial charge on any atom is -0.459 e. The van der Waals surface area contributed by atoms with Crippen LogP contribution >= 0.6 is 22.9 Å². The molecule has 1 aromatic heterocycles. The molecule has 1 saturated carbocycles. The zero-order chi connectivity index (χ0) is 19.0. The van der Waals surface area contributed by atoms with Crippen molar-refractivity contribution < 1.29 is 19.1 Å². The molecule has 0 radical (unpaired) electrons. The summed E-state index contributed by atoms with van der Waals surface area (Å²) < 4.78 is 6.30. The van der Waals surface area contributed by atoms with Gasteiger partial charge in [0.25, 0.3) is 5.91 Å². The average molecular weight is 407 g/mol. The number of rotatable bonds is 4. The molecule has 0 unspecified atom stereocenters. The number of nitrogens with one attached hydrogen (secondary N) is 1. The van der Waals surface area contributed by atoms with Crippen LogP contribution in [0.3, 0.4) is 0 Å². The van der Waals surface area contributed by atoms with Crippen molar-refractivity contribution in [2.45, 2.75) is 44.2 Å². The highest BCUT2D eigenvalue weighted by molar-refractivity contribution is 7.19. The molecular formula is C19H19ClN2O4S. The van der Waals surface area contributed by atoms with E-state index in [1.165, 1.54) is 11.3 Å². The minimum absolute atomic E-state index is 0.0196. The molecule has 0 atom stereocenters. The van der Waals surface area contributed by atoms with Gasteiger partial charge in [0.05, 0.1) is 9.90 Å². The van der Waals surface area contributed by atoms with Crippen LogP contribution in [0.15, 0.2) is 24.3 Å². The maximum atomic E-state index is 12.7. The lowest BCUT2D eigenvalue weighted by Crippen LogP contribution is -2.48. The molecule has 2 aromatic rings. The summed E-state index contributed by atoms with van der Waals surface area (Å²) in [4.78, 5) is 38.8. The first-order valence-corrected chi connectivity index (χ1v) is 10.2. The van der Waals surface area contributed by atoms with Crippen molar-refractivity contribution >= 4 is 50.9 Å². The van der Waals surface area contributed by atoms with Crippen LogP contribution in [-0.2, 0) is 20.9 Å². The number of halogens is 1. The summed E-state index contributed by atoms with van der Waals surface area (Å²) in [6.45, 7) is -0.360. The standard InChI is InChI=1S/C19H19ClN2O4S/c20-16-12-6-2-3-7-13(12)27-14(16)11-26-15(23)10-22-17(24)19(21-18(22)25)8-4-1-5-9-19/h2-3,6-7H,1,4-5,8-11H2,(H,21,25). The highest BCUT2D eigenvalue weighted by Gasteiger charge is 2.51. The van der Waals surface area contributed by atoms with Gasteiger partial charge in [-0.1, -0.05) is 49.1 Å². The molecule has 3 amide bonds. The van der Waals surface area contributed by atoms with Gasteiger partial charge in [-0.05, 0) is 18.9 Å². The number of hydrogen-bond acceptors (Lipinski definition) is 5. The Morgan fingerprint density at radius 2 is 1.96 bits per heavy atom. The highest BCUT2D eigenvalue weighted by atomic mass is 35.5. The van der Waals surface area contributed by atoms with Crippen molar-refractivity contribution in [3.05, 3.63) is 34.2 Å². The third-order valence-electron chi connectivity index (χ3n) is 5.21. The van der Waals surface area contributed by atoms with Crippen LogP contribution < -0.4 is 5.32 Å². The van der Waals surface area contributed by atoms with Crippen LogP contribution in [0.25, 0.3) is 10.1 Å². The van der Waals surface area contributed by atoms with E-state index in [-0.39, 0.29) is 19.1 Å². The first-order chi connectivity index (χ1) is 13.0. The number of carbonyl (C=O) groups excluding carboxylic acids is 3. The molecule has 1 aromatic carbocycles. The number of imide groups is 1. The lowest BCUT2D eigenvalue weighted by atomic mass is 9.82. The van der Waals surface area contributed by atoms with Crippen LogP contribution in [-0.4, -0.2) is 34.9 Å². The fourth-order valence-corrected chi connectivity index (χ4v) is 5.19. The SMILES string of the molecule is O=C(CN1C(=O)NC2(CCCCC2)C1=O)OCc1sc2ccccc2c1Cl. The first kappa shape index (κ1) is 18.3. The van der Waals surface area contributed by atoms with Gasteiger partial charge < -0.3 is 10.1 Å². The van der Waals surface area contributed by atoms with Gasteiger partial charge in [-0.25, -0.2) is 4.79 Å². The summed E-state index contributed by atoms with van der Waals surface area (Å²) in [5.74, 6) is -0.941. The van der Waals surface area contributed by atoms with Crippen LogP contribution in [0.1, 0.15) is 37.0 Å². The van der Waals surface area contributed by atoms with Gasteiger partial charge in [0.1, 0.15) is 18.7 Å². The number of fused-ring (bicyclic) bond motifs is 1. The van der Waals surface area contributed by atoms with Crippen LogP contribution in [0.2, 0.25) is 5.02 Å². The second kappa shape index (κ2) is 7.13. The second-order valence-electron chi connectivity index (χ2n) is 6.96. The number of thiophene rings is 1. The Kier molecular flexibility index (Phi) is 4.82. The number of benzene rings is 1. The third kappa shape index (κ3) is 3.30. The number of urea groups is 1. The van der Waals surface area contributed by atoms with E-state index < -0.39 is 17.5 Å². The Bertz CT molecular complexity index is 920. The first-order valence-electron chi connectivity index (χ1n) is 8.96. The normalized spacial score (nSPS) is 18.9. The lowest BCUT2D eigenvalue weighted by Gasteiger charge is -2.30. The van der Waals surface area contributed by atoms with Gasteiger partial charge in [0, 0.05) is 10.1 Å². The van der Waals surface area contributed by atoms with E-state index in [0.29, 0.717) is 17.9 Å². The summed E-state index contributed by atoms with van der Waals surface area (Å²) in [5.41, 5.74) is -0.829. The molecule has 1 N–H and O–H groups in total. The fourth-order valence-electron chi connectivity index (χ4n) is 3.79. The van der Waals surface area contributed by atoms with E-state index in [9.17, 15) is 14.4 Å². The smallest absolute Gasteiger partial charge is 0.326 e. The van der Waals surface area contributed by atoms with E-state index in [1.54, 1.807) is 0 Å². The predicted molar refractivity (Wildman–Crippen MR) is 103 cm³/mol. The fraction of sp³-hybridized carbons (Fsp3) is 0.421. The zero-order valence-electron chi connectivity index (χ0n) is 14.6. The number of amides is 3. The molecule has 6 nitrogen and oxygen atoms in total. The Labute approximate surface area is 165 Å². The average Bonchev–Trinajstić information content (AvgIpc) is 3.10. The van der Waals surface area contributed by atoms with E-state index in [2.05, 4.69) is 5.32 Å². The molecule has 2 fully saturated rings. The minimum atomic E-state index is -0.829. The molecule has 2 aliphatic rings. The number of hydrogen-bond donors (Lipinski definition) is 1. The quantitative estimate of drug-likeness (QED) is 0.618. The molecular weight excluding hydrogens is 388 g/mol. The topological polar surface area (TPSA) is 75.7 Å². The molecule has 2 heterocycles. The van der Waals surface area contributed by atoms with Crippen LogP contribution in [0, 0.1) is 0 Å². The van der Waals surface area contributed by atoms with Crippen LogP contribution in [0.4, 0.5) is 4.79 Å². The van der Waals surface area contributed by atoms with E-state index >= 15 is 0 Å². The summed E-state index contributed by atoms with van der Waals surface area (Å²) in [7, 11) is 0. The van der Waals surface area contributed by atoms with Crippen molar-refractivity contribution in [1.82, 2.24) is 10.2 Å². The van der Waals surface area contributed by atoms with Crippen molar-refractivity contribution in [2.24, 2.45) is 0 Å². The largest absolute Gasteiger partial charge is 0.459 e. The van der Waals surface area contributed by atoms with Gasteiger partial charge in [-0.15, -0.1) is 11.3 Å². The van der Waals surface area contributed by atoms with Gasteiger partial charge in [0.2, 0.25) is 0 Å². The Balaban J connectivity index is 1.40. The molecule has 27 heavy (non-hydrogen) atoms. The predicted octanol–water partition coefficient (Wildman–Crippen LogP) is 3.85. The number of esters is 1. The zero-order valence-corrected chi connectivity index (χ0v) is 16.2. The molecule has 4 rings (SSSR count). The monoisotopic (exact) mass is 406 g/mol. The van der Waals surface area contributed by atoms with Crippen molar-refractivity contribution in [2.75, 3.05) is 6.54 Å². The molecule has 8 heteroatoms. The van der Waals surface area contributed by atoms with Crippen LogP contribution in [0.5, 0.6) is 0 Å². The van der Waals surface area contributed by atoms with Gasteiger partial charge >= 0.3 is 12.0 Å². The molecule has 1 spiro atoms. The van der Waals surface area contributed by atoms with Crippen molar-refractivity contribution in [1.29, 1.82) is 0 Å². The van der Waals surface area contributed by atoms with Crippen molar-refractivity contribution in [3.63, 3.8) is 0 Å². The maximum absolute atomic E-state index is 12.7. The van der Waals surface area contributed by atoms with E-state index in [0.717, 1.165) is 39.1 Å². The highest BCUT2D eigenvalue weighted by Crippen LogP contribution is 2.36.